The minimum absolute atomic E-state index is 0.0465. The molecule has 0 fully saturated rings. The number of rotatable bonds is 6. The molecule has 0 aliphatic heterocycles. The molecule has 3 heterocycles. The highest BCUT2D eigenvalue weighted by atomic mass is 19.1. The Labute approximate surface area is 263 Å². The molecule has 0 aliphatic carbocycles. The lowest BCUT2D eigenvalue weighted by atomic mass is 9.82. The second kappa shape index (κ2) is 11.3. The number of carboxylic acids is 1. The zero-order valence-corrected chi connectivity index (χ0v) is 25.0. The van der Waals surface area contributed by atoms with Gasteiger partial charge in [0.05, 0.1) is 22.6 Å². The Morgan fingerprint density at radius 2 is 1.13 bits per heavy atom. The fraction of sp³-hybridized carbons (Fsp3) is 0.0769. The number of pyridine rings is 3. The number of fused-ring (bicyclic) bond motifs is 2. The summed E-state index contributed by atoms with van der Waals surface area (Å²) in [5.41, 5.74) is 3.44. The minimum atomic E-state index is -1.15. The van der Waals surface area contributed by atoms with Crippen LogP contribution in [0.3, 0.4) is 0 Å². The monoisotopic (exact) mass is 607 g/mol. The van der Waals surface area contributed by atoms with E-state index in [1.165, 1.54) is 6.07 Å². The molecule has 7 rings (SSSR count). The quantitative estimate of drug-likeness (QED) is 0.191. The first-order valence-electron chi connectivity index (χ1n) is 14.7. The maximum atomic E-state index is 15.1. The van der Waals surface area contributed by atoms with Crippen LogP contribution in [0.2, 0.25) is 0 Å². The van der Waals surface area contributed by atoms with Crippen molar-refractivity contribution in [2.45, 2.75) is 19.3 Å². The molecule has 46 heavy (non-hydrogen) atoms. The third-order valence-corrected chi connectivity index (χ3v) is 8.41. The van der Waals surface area contributed by atoms with Crippen molar-refractivity contribution >= 4 is 27.5 Å². The van der Waals surface area contributed by atoms with Crippen LogP contribution in [0.25, 0.3) is 55.1 Å². The highest BCUT2D eigenvalue weighted by Crippen LogP contribution is 2.37. The van der Waals surface area contributed by atoms with E-state index in [2.05, 4.69) is 9.97 Å². The molecule has 3 aromatic heterocycles. The number of carboxylic acid groups (broad SMARTS) is 1. The number of benzene rings is 4. The third kappa shape index (κ3) is 5.37. The molecule has 0 unspecified atom stereocenters. The number of carbonyl (C=O) groups is 1. The lowest BCUT2D eigenvalue weighted by Crippen LogP contribution is -2.24. The second-order valence-corrected chi connectivity index (χ2v) is 11.8. The predicted octanol–water partition coefficient (Wildman–Crippen LogP) is 9.48. The summed E-state index contributed by atoms with van der Waals surface area (Å²) in [7, 11) is 0. The molecule has 1 N–H and O–H groups in total. The van der Waals surface area contributed by atoms with Crippen LogP contribution in [0.5, 0.6) is 0 Å². The van der Waals surface area contributed by atoms with Crippen LogP contribution in [0, 0.1) is 11.9 Å². The number of halogens is 2. The molecule has 0 radical (unpaired) electrons. The van der Waals surface area contributed by atoms with E-state index in [0.29, 0.717) is 17.0 Å². The van der Waals surface area contributed by atoms with Crippen LogP contribution < -0.4 is 0 Å². The van der Waals surface area contributed by atoms with E-state index in [1.807, 2.05) is 111 Å². The van der Waals surface area contributed by atoms with Crippen LogP contribution in [-0.2, 0) is 5.41 Å². The molecular formula is C39H27F2N3O2. The topological polar surface area (TPSA) is 76.0 Å². The fourth-order valence-corrected chi connectivity index (χ4v) is 5.75. The van der Waals surface area contributed by atoms with Gasteiger partial charge in [-0.2, -0.15) is 13.8 Å². The fourth-order valence-electron chi connectivity index (χ4n) is 5.75. The summed E-state index contributed by atoms with van der Waals surface area (Å²) in [5.74, 6) is -3.06. The average Bonchev–Trinajstić information content (AvgIpc) is 3.07. The third-order valence-electron chi connectivity index (χ3n) is 8.41. The highest BCUT2D eigenvalue weighted by Gasteiger charge is 2.30. The molecule has 5 nitrogen and oxygen atoms in total. The van der Waals surface area contributed by atoms with Crippen LogP contribution >= 0.6 is 0 Å². The van der Waals surface area contributed by atoms with Crippen molar-refractivity contribution in [2.24, 2.45) is 0 Å². The first kappa shape index (κ1) is 28.9. The zero-order chi connectivity index (χ0) is 32.0. The summed E-state index contributed by atoms with van der Waals surface area (Å²) >= 11 is 0. The zero-order valence-electron chi connectivity index (χ0n) is 25.0. The van der Waals surface area contributed by atoms with Gasteiger partial charge in [0.2, 0.25) is 11.9 Å². The van der Waals surface area contributed by atoms with Crippen molar-refractivity contribution in [3.05, 3.63) is 150 Å². The number of hydrogen-bond donors (Lipinski definition) is 1. The van der Waals surface area contributed by atoms with E-state index in [1.54, 1.807) is 12.1 Å². The number of hydrogen-bond acceptors (Lipinski definition) is 4. The van der Waals surface area contributed by atoms with Gasteiger partial charge in [-0.05, 0) is 106 Å². The molecule has 0 spiro atoms. The lowest BCUT2D eigenvalue weighted by molar-refractivity contribution is 0.0690. The Kier molecular flexibility index (Phi) is 7.09. The van der Waals surface area contributed by atoms with Gasteiger partial charge >= 0.3 is 5.97 Å². The van der Waals surface area contributed by atoms with Gasteiger partial charge in [-0.25, -0.2) is 9.78 Å². The smallest absolute Gasteiger partial charge is 0.354 e. The second-order valence-electron chi connectivity index (χ2n) is 11.8. The van der Waals surface area contributed by atoms with Crippen LogP contribution in [0.4, 0.5) is 8.78 Å². The molecule has 7 aromatic rings. The molecule has 0 saturated heterocycles. The van der Waals surface area contributed by atoms with E-state index < -0.39 is 23.3 Å². The van der Waals surface area contributed by atoms with Crippen LogP contribution in [0.15, 0.2) is 121 Å². The van der Waals surface area contributed by atoms with Crippen LogP contribution in [0.1, 0.15) is 35.7 Å². The SMILES string of the molecule is CC(C)(c1cc(-c2ccc3ccccc3c2)cc(C(=O)O)n1)c1cc(-c2ccc3ccccc3c2)cc(-c2ccc(F)nc2F)n1. The van der Waals surface area contributed by atoms with Crippen molar-refractivity contribution in [1.29, 1.82) is 0 Å². The first-order chi connectivity index (χ1) is 22.2. The van der Waals surface area contributed by atoms with Crippen LogP contribution in [-0.4, -0.2) is 26.0 Å². The maximum absolute atomic E-state index is 15.1. The van der Waals surface area contributed by atoms with Crippen molar-refractivity contribution in [1.82, 2.24) is 15.0 Å². The molecule has 0 saturated carbocycles. The minimum Gasteiger partial charge on any atom is -0.477 e. The van der Waals surface area contributed by atoms with Crippen molar-refractivity contribution in [3.63, 3.8) is 0 Å². The van der Waals surface area contributed by atoms with Gasteiger partial charge in [-0.15, -0.1) is 0 Å². The number of aromatic carboxylic acids is 1. The largest absolute Gasteiger partial charge is 0.477 e. The van der Waals surface area contributed by atoms with Gasteiger partial charge in [0.15, 0.2) is 0 Å². The van der Waals surface area contributed by atoms with Gasteiger partial charge in [0.1, 0.15) is 5.69 Å². The summed E-state index contributed by atoms with van der Waals surface area (Å²) in [6, 6.07) is 37.5. The van der Waals surface area contributed by atoms with E-state index in [9.17, 15) is 14.3 Å². The normalized spacial score (nSPS) is 11.7. The van der Waals surface area contributed by atoms with Crippen molar-refractivity contribution < 1.29 is 18.7 Å². The van der Waals surface area contributed by atoms with E-state index in [4.69, 9.17) is 4.98 Å². The Morgan fingerprint density at radius 3 is 1.70 bits per heavy atom. The van der Waals surface area contributed by atoms with Gasteiger partial charge in [-0.3, -0.25) is 4.98 Å². The molecule has 0 aliphatic rings. The summed E-state index contributed by atoms with van der Waals surface area (Å²) < 4.78 is 28.8. The number of nitrogens with zero attached hydrogens (tertiary/aromatic N) is 3. The Balaban J connectivity index is 1.42. The summed E-state index contributed by atoms with van der Waals surface area (Å²) in [6.45, 7) is 3.81. The Hall–Kier alpha value is -5.82. The maximum Gasteiger partial charge on any atom is 0.354 e. The lowest BCUT2D eigenvalue weighted by Gasteiger charge is -2.26. The number of aromatic nitrogens is 3. The molecule has 0 atom stereocenters. The first-order valence-corrected chi connectivity index (χ1v) is 14.7. The standard InChI is InChI=1S/C39H27F2N3O2/c1-39(2,35-22-30(20-33(43-35)38(45)46)28-14-12-24-8-4-6-10-26(24)18-28)34-21-29(27-13-11-23-7-3-5-9-25(23)17-27)19-32(42-34)31-15-16-36(40)44-37(31)41/h3-22H,1-2H3,(H,45,46). The average molecular weight is 608 g/mol. The van der Waals surface area contributed by atoms with Gasteiger partial charge in [-0.1, -0.05) is 72.8 Å². The predicted molar refractivity (Wildman–Crippen MR) is 177 cm³/mol. The molecule has 7 heteroatoms. The van der Waals surface area contributed by atoms with Crippen molar-refractivity contribution in [2.75, 3.05) is 0 Å². The van der Waals surface area contributed by atoms with E-state index in [-0.39, 0.29) is 17.0 Å². The Morgan fingerprint density at radius 1 is 0.587 bits per heavy atom. The van der Waals surface area contributed by atoms with E-state index in [0.717, 1.165) is 44.3 Å². The van der Waals surface area contributed by atoms with Crippen molar-refractivity contribution in [3.8, 4) is 33.5 Å². The summed E-state index contributed by atoms with van der Waals surface area (Å²) in [4.78, 5) is 25.1. The molecule has 0 amide bonds. The molecule has 0 bridgehead atoms. The van der Waals surface area contributed by atoms with Gasteiger partial charge in [0.25, 0.3) is 0 Å². The summed E-state index contributed by atoms with van der Waals surface area (Å²) in [5, 5.41) is 14.3. The van der Waals surface area contributed by atoms with Gasteiger partial charge in [0, 0.05) is 5.41 Å². The molecule has 224 valence electrons. The van der Waals surface area contributed by atoms with E-state index >= 15 is 4.39 Å². The molecule has 4 aromatic carbocycles. The highest BCUT2D eigenvalue weighted by molar-refractivity contribution is 5.91. The van der Waals surface area contributed by atoms with Gasteiger partial charge < -0.3 is 5.11 Å². The molecular weight excluding hydrogens is 580 g/mol. The summed E-state index contributed by atoms with van der Waals surface area (Å²) in [6.07, 6.45) is 0. The Bertz CT molecular complexity index is 2320.